The lowest BCUT2D eigenvalue weighted by atomic mass is 9.96. The second-order valence-corrected chi connectivity index (χ2v) is 4.93. The van der Waals surface area contributed by atoms with E-state index in [1.165, 1.54) is 12.8 Å². The number of carbonyl (C=O) groups is 1. The number of rotatable bonds is 8. The fraction of sp³-hybridized carbons (Fsp3) is 0.923. The van der Waals surface area contributed by atoms with Crippen LogP contribution < -0.4 is 5.32 Å². The normalized spacial score (nSPS) is 13.5. The SMILES string of the molecule is CCCCCC(NC(C)C)C(=O)C(C)C. The molecule has 0 rings (SSSR count). The molecule has 0 spiro atoms. The predicted molar refractivity (Wildman–Crippen MR) is 66.0 cm³/mol. The molecule has 0 aromatic heterocycles. The molecule has 90 valence electrons. The fourth-order valence-corrected chi connectivity index (χ4v) is 1.71. The molecule has 0 radical (unpaired) electrons. The van der Waals surface area contributed by atoms with Gasteiger partial charge in [-0.2, -0.15) is 0 Å². The Morgan fingerprint density at radius 2 is 1.73 bits per heavy atom. The number of unbranched alkanes of at least 4 members (excludes halogenated alkanes) is 2. The molecule has 0 aliphatic carbocycles. The Balaban J connectivity index is 4.11. The minimum atomic E-state index is 0.0662. The maximum Gasteiger partial charge on any atom is 0.152 e. The third-order valence-electron chi connectivity index (χ3n) is 2.54. The number of carbonyl (C=O) groups excluding carboxylic acids is 1. The van der Waals surface area contributed by atoms with E-state index in [-0.39, 0.29) is 12.0 Å². The summed E-state index contributed by atoms with van der Waals surface area (Å²) in [6.07, 6.45) is 4.58. The first-order valence-electron chi connectivity index (χ1n) is 6.28. The van der Waals surface area contributed by atoms with Crippen LogP contribution in [-0.2, 0) is 4.79 Å². The Kier molecular flexibility index (Phi) is 7.67. The Bertz CT molecular complexity index is 175. The van der Waals surface area contributed by atoms with Gasteiger partial charge >= 0.3 is 0 Å². The zero-order valence-corrected chi connectivity index (χ0v) is 11.0. The molecule has 0 aliphatic rings. The van der Waals surface area contributed by atoms with Gasteiger partial charge in [0.1, 0.15) is 0 Å². The summed E-state index contributed by atoms with van der Waals surface area (Å²) in [6.45, 7) is 10.4. The van der Waals surface area contributed by atoms with Gasteiger partial charge in [0, 0.05) is 12.0 Å². The van der Waals surface area contributed by atoms with Crippen LogP contribution in [0.5, 0.6) is 0 Å². The van der Waals surface area contributed by atoms with Gasteiger partial charge < -0.3 is 5.32 Å². The molecular formula is C13H27NO. The van der Waals surface area contributed by atoms with Crippen LogP contribution in [0.1, 0.15) is 60.3 Å². The van der Waals surface area contributed by atoms with Gasteiger partial charge in [0.2, 0.25) is 0 Å². The summed E-state index contributed by atoms with van der Waals surface area (Å²) in [5.41, 5.74) is 0. The monoisotopic (exact) mass is 213 g/mol. The quantitative estimate of drug-likeness (QED) is 0.628. The van der Waals surface area contributed by atoms with E-state index in [4.69, 9.17) is 0 Å². The van der Waals surface area contributed by atoms with Crippen molar-refractivity contribution in [1.29, 1.82) is 0 Å². The van der Waals surface area contributed by atoms with Gasteiger partial charge in [-0.05, 0) is 6.42 Å². The van der Waals surface area contributed by atoms with E-state index in [0.717, 1.165) is 12.8 Å². The van der Waals surface area contributed by atoms with Gasteiger partial charge in [-0.15, -0.1) is 0 Å². The van der Waals surface area contributed by atoms with E-state index in [0.29, 0.717) is 11.8 Å². The number of hydrogen-bond donors (Lipinski definition) is 1. The van der Waals surface area contributed by atoms with Crippen LogP contribution >= 0.6 is 0 Å². The number of nitrogens with one attached hydrogen (secondary N) is 1. The Hall–Kier alpha value is -0.370. The van der Waals surface area contributed by atoms with Gasteiger partial charge in [-0.25, -0.2) is 0 Å². The third kappa shape index (κ3) is 6.67. The van der Waals surface area contributed by atoms with Crippen molar-refractivity contribution in [3.8, 4) is 0 Å². The van der Waals surface area contributed by atoms with Gasteiger partial charge in [0.05, 0.1) is 6.04 Å². The zero-order chi connectivity index (χ0) is 11.8. The van der Waals surface area contributed by atoms with Crippen molar-refractivity contribution < 1.29 is 4.79 Å². The molecule has 0 bridgehead atoms. The number of hydrogen-bond acceptors (Lipinski definition) is 2. The number of Topliss-reactive ketones (excluding diaryl/α,β-unsaturated/α-hetero) is 1. The van der Waals surface area contributed by atoms with Crippen molar-refractivity contribution in [2.45, 2.75) is 72.4 Å². The van der Waals surface area contributed by atoms with Crippen LogP contribution in [0.15, 0.2) is 0 Å². The molecule has 1 N–H and O–H groups in total. The first kappa shape index (κ1) is 14.6. The lowest BCUT2D eigenvalue weighted by Crippen LogP contribution is -2.42. The largest absolute Gasteiger partial charge is 0.305 e. The minimum Gasteiger partial charge on any atom is -0.305 e. The number of ketones is 1. The molecule has 2 nitrogen and oxygen atoms in total. The minimum absolute atomic E-state index is 0.0662. The van der Waals surface area contributed by atoms with Crippen molar-refractivity contribution >= 4 is 5.78 Å². The smallest absolute Gasteiger partial charge is 0.152 e. The molecular weight excluding hydrogens is 186 g/mol. The highest BCUT2D eigenvalue weighted by molar-refractivity contribution is 5.85. The average molecular weight is 213 g/mol. The van der Waals surface area contributed by atoms with Gasteiger partial charge in [-0.1, -0.05) is 53.9 Å². The van der Waals surface area contributed by atoms with Crippen molar-refractivity contribution in [2.75, 3.05) is 0 Å². The molecule has 0 amide bonds. The maximum atomic E-state index is 11.9. The van der Waals surface area contributed by atoms with E-state index >= 15 is 0 Å². The lowest BCUT2D eigenvalue weighted by molar-refractivity contribution is -0.124. The Morgan fingerprint density at radius 3 is 2.13 bits per heavy atom. The molecule has 1 unspecified atom stereocenters. The summed E-state index contributed by atoms with van der Waals surface area (Å²) >= 11 is 0. The summed E-state index contributed by atoms with van der Waals surface area (Å²) in [4.78, 5) is 11.9. The van der Waals surface area contributed by atoms with Gasteiger partial charge in [0.15, 0.2) is 5.78 Å². The van der Waals surface area contributed by atoms with E-state index < -0.39 is 0 Å². The molecule has 0 heterocycles. The standard InChI is InChI=1S/C13H27NO/c1-6-7-8-9-12(14-11(4)5)13(15)10(2)3/h10-12,14H,6-9H2,1-5H3. The zero-order valence-electron chi connectivity index (χ0n) is 11.0. The Morgan fingerprint density at radius 1 is 1.13 bits per heavy atom. The molecule has 0 saturated carbocycles. The summed E-state index contributed by atoms with van der Waals surface area (Å²) in [7, 11) is 0. The topological polar surface area (TPSA) is 29.1 Å². The lowest BCUT2D eigenvalue weighted by Gasteiger charge is -2.21. The maximum absolute atomic E-state index is 11.9. The van der Waals surface area contributed by atoms with Crippen LogP contribution in [0, 0.1) is 5.92 Å². The summed E-state index contributed by atoms with van der Waals surface area (Å²) in [5.74, 6) is 0.502. The molecule has 15 heavy (non-hydrogen) atoms. The van der Waals surface area contributed by atoms with Crippen LogP contribution in [0.3, 0.4) is 0 Å². The fourth-order valence-electron chi connectivity index (χ4n) is 1.71. The molecule has 2 heteroatoms. The summed E-state index contributed by atoms with van der Waals surface area (Å²) < 4.78 is 0. The molecule has 0 aliphatic heterocycles. The van der Waals surface area contributed by atoms with Gasteiger partial charge in [0.25, 0.3) is 0 Å². The van der Waals surface area contributed by atoms with Crippen molar-refractivity contribution in [2.24, 2.45) is 5.92 Å². The highest BCUT2D eigenvalue weighted by Gasteiger charge is 2.20. The average Bonchev–Trinajstić information content (AvgIpc) is 2.14. The molecule has 0 aromatic rings. The second kappa shape index (κ2) is 7.86. The molecule has 0 saturated heterocycles. The van der Waals surface area contributed by atoms with E-state index in [1.807, 2.05) is 13.8 Å². The van der Waals surface area contributed by atoms with Crippen LogP contribution in [-0.4, -0.2) is 17.9 Å². The Labute approximate surface area is 94.8 Å². The molecule has 1 atom stereocenters. The van der Waals surface area contributed by atoms with E-state index in [9.17, 15) is 4.79 Å². The third-order valence-corrected chi connectivity index (χ3v) is 2.54. The van der Waals surface area contributed by atoms with Crippen LogP contribution in [0.4, 0.5) is 0 Å². The summed E-state index contributed by atoms with van der Waals surface area (Å²) in [5, 5.41) is 3.37. The van der Waals surface area contributed by atoms with E-state index in [1.54, 1.807) is 0 Å². The molecule has 0 fully saturated rings. The van der Waals surface area contributed by atoms with Crippen LogP contribution in [0.2, 0.25) is 0 Å². The van der Waals surface area contributed by atoms with Crippen molar-refractivity contribution in [1.82, 2.24) is 5.32 Å². The van der Waals surface area contributed by atoms with Crippen LogP contribution in [0.25, 0.3) is 0 Å². The first-order chi connectivity index (χ1) is 6.99. The van der Waals surface area contributed by atoms with Crippen molar-refractivity contribution in [3.63, 3.8) is 0 Å². The van der Waals surface area contributed by atoms with Gasteiger partial charge in [-0.3, -0.25) is 4.79 Å². The molecule has 0 aromatic carbocycles. The summed E-state index contributed by atoms with van der Waals surface area (Å²) in [6, 6.07) is 0.455. The van der Waals surface area contributed by atoms with Crippen molar-refractivity contribution in [3.05, 3.63) is 0 Å². The van der Waals surface area contributed by atoms with E-state index in [2.05, 4.69) is 26.1 Å². The predicted octanol–water partition coefficient (Wildman–Crippen LogP) is 3.16. The second-order valence-electron chi connectivity index (χ2n) is 4.93. The highest BCUT2D eigenvalue weighted by Crippen LogP contribution is 2.09. The first-order valence-corrected chi connectivity index (χ1v) is 6.28. The highest BCUT2D eigenvalue weighted by atomic mass is 16.1.